The third kappa shape index (κ3) is 3.65. The van der Waals surface area contributed by atoms with E-state index in [4.69, 9.17) is 11.6 Å². The van der Waals surface area contributed by atoms with E-state index < -0.39 is 42.8 Å². The number of halogens is 10. The Balaban J connectivity index is 2.90. The first kappa shape index (κ1) is 23.4. The number of rotatable bonds is 4. The second-order valence-corrected chi connectivity index (χ2v) is 9.28. The van der Waals surface area contributed by atoms with E-state index in [1.165, 1.54) is 12.3 Å². The van der Waals surface area contributed by atoms with Crippen LogP contribution in [0.2, 0.25) is 5.15 Å². The molecule has 2 rings (SSSR count). The van der Waals surface area contributed by atoms with Crippen molar-refractivity contribution in [3.63, 3.8) is 0 Å². The predicted molar refractivity (Wildman–Crippen MR) is 93.2 cm³/mol. The van der Waals surface area contributed by atoms with E-state index in [2.05, 4.69) is 36.8 Å². The Labute approximate surface area is 175 Å². The van der Waals surface area contributed by atoms with Gasteiger partial charge >= 0.3 is 17.4 Å². The van der Waals surface area contributed by atoms with E-state index >= 15 is 0 Å². The van der Waals surface area contributed by atoms with Gasteiger partial charge in [-0.25, -0.2) is 13.4 Å². The molecule has 0 fully saturated rings. The molecule has 1 aromatic heterocycles. The van der Waals surface area contributed by atoms with Crippen LogP contribution in [0.1, 0.15) is 0 Å². The molecule has 0 bridgehead atoms. The van der Waals surface area contributed by atoms with E-state index in [1.54, 1.807) is 0 Å². The summed E-state index contributed by atoms with van der Waals surface area (Å²) in [4.78, 5) is 2.11. The molecule has 0 saturated carbocycles. The number of hydrogen-bond acceptors (Lipinski definition) is 3. The van der Waals surface area contributed by atoms with Crippen LogP contribution in [0.5, 0.6) is 0 Å². The van der Waals surface area contributed by atoms with Gasteiger partial charge in [0.2, 0.25) is 0 Å². The predicted octanol–water partition coefficient (Wildman–Crippen LogP) is 6.49. The molecule has 0 aliphatic carbocycles. The molecule has 0 radical (unpaired) electrons. The lowest BCUT2D eigenvalue weighted by atomic mass is 10.1. The van der Waals surface area contributed by atoms with Crippen molar-refractivity contribution in [3.8, 4) is 11.1 Å². The summed E-state index contributed by atoms with van der Waals surface area (Å²) in [6.45, 7) is 0. The summed E-state index contributed by atoms with van der Waals surface area (Å²) in [5.41, 5.74) is -0.938. The molecule has 14 heteroatoms. The number of nitrogens with zero attached hydrogens (tertiary/aromatic N) is 1. The van der Waals surface area contributed by atoms with Gasteiger partial charge in [-0.3, -0.25) is 0 Å². The van der Waals surface area contributed by atoms with Crippen LogP contribution < -0.4 is 0 Å². The van der Waals surface area contributed by atoms with Gasteiger partial charge in [0.25, 0.3) is 9.84 Å². The summed E-state index contributed by atoms with van der Waals surface area (Å²) in [7, 11) is -6.57. The van der Waals surface area contributed by atoms with Gasteiger partial charge in [-0.15, -0.1) is 0 Å². The van der Waals surface area contributed by atoms with Gasteiger partial charge in [-0.1, -0.05) is 43.5 Å². The van der Waals surface area contributed by atoms with E-state index in [9.17, 15) is 39.2 Å². The second-order valence-electron chi connectivity index (χ2n) is 5.19. The van der Waals surface area contributed by atoms with Gasteiger partial charge in [0.1, 0.15) is 5.15 Å². The molecule has 3 nitrogen and oxygen atoms in total. The summed E-state index contributed by atoms with van der Waals surface area (Å²) < 4.78 is 117. The zero-order valence-corrected chi connectivity index (χ0v) is 17.6. The Morgan fingerprint density at radius 1 is 1.00 bits per heavy atom. The fourth-order valence-corrected chi connectivity index (χ4v) is 5.50. The number of alkyl halides is 7. The minimum Gasteiger partial charge on any atom is -0.244 e. The minimum absolute atomic E-state index is 0.187. The summed E-state index contributed by atoms with van der Waals surface area (Å²) in [6, 6.07) is 3.99. The van der Waals surface area contributed by atoms with Crippen LogP contribution in [0.25, 0.3) is 11.1 Å². The number of sulfone groups is 1. The van der Waals surface area contributed by atoms with Crippen LogP contribution in [-0.4, -0.2) is 30.8 Å². The molecule has 0 unspecified atom stereocenters. The van der Waals surface area contributed by atoms with Crippen LogP contribution in [-0.2, 0) is 9.84 Å². The van der Waals surface area contributed by atoms with Crippen molar-refractivity contribution in [1.29, 1.82) is 0 Å². The molecule has 28 heavy (non-hydrogen) atoms. The minimum atomic E-state index is -6.86. The zero-order valence-electron chi connectivity index (χ0n) is 12.8. The highest BCUT2D eigenvalue weighted by Crippen LogP contribution is 2.52. The van der Waals surface area contributed by atoms with E-state index in [-0.39, 0.29) is 14.5 Å². The van der Waals surface area contributed by atoms with Crippen LogP contribution in [0, 0.1) is 0 Å². The van der Waals surface area contributed by atoms with Crippen molar-refractivity contribution in [1.82, 2.24) is 4.98 Å². The van der Waals surface area contributed by atoms with Crippen molar-refractivity contribution >= 4 is 53.3 Å². The smallest absolute Gasteiger partial charge is 0.244 e. The summed E-state index contributed by atoms with van der Waals surface area (Å²) in [6.07, 6.45) is -5.65. The molecule has 0 aliphatic rings. The first-order valence-corrected chi connectivity index (χ1v) is 10.2. The second kappa shape index (κ2) is 7.40. The Hall–Kier alpha value is -0.920. The third-order valence-corrected chi connectivity index (χ3v) is 6.61. The lowest BCUT2D eigenvalue weighted by molar-refractivity contribution is -0.332. The average molecular weight is 580 g/mol. The molecule has 0 spiro atoms. The Morgan fingerprint density at radius 2 is 1.57 bits per heavy atom. The normalized spacial score (nSPS) is 13.6. The van der Waals surface area contributed by atoms with Gasteiger partial charge in [0.05, 0.1) is 4.90 Å². The van der Waals surface area contributed by atoms with Gasteiger partial charge < -0.3 is 0 Å². The van der Waals surface area contributed by atoms with Crippen LogP contribution in [0.4, 0.5) is 30.7 Å². The van der Waals surface area contributed by atoms with Crippen molar-refractivity contribution in [2.45, 2.75) is 22.2 Å². The summed E-state index contributed by atoms with van der Waals surface area (Å²) >= 11 is 11.5. The number of benzene rings is 1. The highest BCUT2D eigenvalue weighted by molar-refractivity contribution is 9.11. The molecule has 1 heterocycles. The molecule has 0 saturated heterocycles. The third-order valence-electron chi connectivity index (χ3n) is 3.40. The standard InChI is InChI=1S/C14H5Br2ClF7NO2S/c15-6-4-8(16)10(7-2-1-3-25-11(7)17)9(5-6)28(26,27)14(23,24)12(18,19)13(20,21)22/h1-5H. The maximum Gasteiger partial charge on any atom is 0.461 e. The fraction of sp³-hybridized carbons (Fsp3) is 0.214. The maximum atomic E-state index is 14.1. The highest BCUT2D eigenvalue weighted by atomic mass is 79.9. The lowest BCUT2D eigenvalue weighted by Gasteiger charge is -2.28. The Bertz CT molecular complexity index is 1030. The molecule has 0 amide bonds. The quantitative estimate of drug-likeness (QED) is 0.307. The van der Waals surface area contributed by atoms with Gasteiger partial charge in [0, 0.05) is 26.3 Å². The molecule has 0 aliphatic heterocycles. The SMILES string of the molecule is O=S(=O)(c1cc(Br)cc(Br)c1-c1cccnc1Cl)C(F)(F)C(F)(F)C(F)(F)F. The van der Waals surface area contributed by atoms with E-state index in [0.29, 0.717) is 6.07 Å². The molecule has 1 aromatic carbocycles. The summed E-state index contributed by atoms with van der Waals surface area (Å²) in [5.74, 6) is -6.86. The Kier molecular flexibility index (Phi) is 6.17. The van der Waals surface area contributed by atoms with Gasteiger partial charge in [-0.05, 0) is 24.3 Å². The van der Waals surface area contributed by atoms with E-state index in [1.807, 2.05) is 0 Å². The zero-order chi connectivity index (χ0) is 21.7. The molecule has 0 N–H and O–H groups in total. The Morgan fingerprint density at radius 3 is 2.07 bits per heavy atom. The van der Waals surface area contributed by atoms with Crippen LogP contribution >= 0.6 is 43.5 Å². The van der Waals surface area contributed by atoms with Crippen molar-refractivity contribution in [2.75, 3.05) is 0 Å². The number of pyridine rings is 1. The van der Waals surface area contributed by atoms with Gasteiger partial charge in [-0.2, -0.15) is 30.7 Å². The van der Waals surface area contributed by atoms with Gasteiger partial charge in [0.15, 0.2) is 0 Å². The van der Waals surface area contributed by atoms with Crippen LogP contribution in [0.15, 0.2) is 44.3 Å². The number of hydrogen-bond donors (Lipinski definition) is 0. The molecular weight excluding hydrogens is 574 g/mol. The van der Waals surface area contributed by atoms with Crippen LogP contribution in [0.3, 0.4) is 0 Å². The molecule has 154 valence electrons. The van der Waals surface area contributed by atoms with Crippen molar-refractivity contribution < 1.29 is 39.2 Å². The molecule has 2 aromatic rings. The summed E-state index contributed by atoms with van der Waals surface area (Å²) in [5, 5.41) is -6.91. The largest absolute Gasteiger partial charge is 0.461 e. The fourth-order valence-electron chi connectivity index (χ4n) is 2.07. The highest BCUT2D eigenvalue weighted by Gasteiger charge is 2.78. The van der Waals surface area contributed by atoms with E-state index in [0.717, 1.165) is 12.1 Å². The topological polar surface area (TPSA) is 47.0 Å². The molecule has 0 atom stereocenters. The first-order valence-electron chi connectivity index (χ1n) is 6.72. The average Bonchev–Trinajstić information content (AvgIpc) is 2.53. The van der Waals surface area contributed by atoms with Crippen molar-refractivity contribution in [2.24, 2.45) is 0 Å². The van der Waals surface area contributed by atoms with Crippen molar-refractivity contribution in [3.05, 3.63) is 44.6 Å². The number of aromatic nitrogens is 1. The molecular formula is C14H5Br2ClF7NO2S. The lowest BCUT2D eigenvalue weighted by Crippen LogP contribution is -2.56. The monoisotopic (exact) mass is 577 g/mol. The maximum absolute atomic E-state index is 14.1. The first-order chi connectivity index (χ1) is 12.6.